The summed E-state index contributed by atoms with van der Waals surface area (Å²) in [5.41, 5.74) is 0.522. The number of amides is 1. The molecule has 3 aromatic rings. The van der Waals surface area contributed by atoms with E-state index in [0.29, 0.717) is 36.9 Å². The highest BCUT2D eigenvalue weighted by Crippen LogP contribution is 2.32. The standard InChI is InChI=1S/C21H28N6O4S/c1-4-25(5-2)13-16-8-9-17(31-16)20(28)26-10-6-7-15(12-26)19-18(32(3,29)30)11-22-21-23-14-24-27(19)21/h8-9,11,14-15H,4-7,10,12-13H2,1-3H3/t15-/m1/s1. The molecular weight excluding hydrogens is 432 g/mol. The fourth-order valence-electron chi connectivity index (χ4n) is 4.23. The van der Waals surface area contributed by atoms with Gasteiger partial charge < -0.3 is 9.32 Å². The fraction of sp³-hybridized carbons (Fsp3) is 0.524. The molecule has 0 aromatic carbocycles. The molecule has 1 atom stereocenters. The van der Waals surface area contributed by atoms with Crippen LogP contribution in [0, 0.1) is 0 Å². The van der Waals surface area contributed by atoms with Gasteiger partial charge in [0.2, 0.25) is 0 Å². The molecule has 0 unspecified atom stereocenters. The number of carbonyl (C=O) groups excluding carboxylic acids is 1. The number of sulfone groups is 1. The molecule has 4 rings (SSSR count). The molecule has 1 fully saturated rings. The van der Waals surface area contributed by atoms with Gasteiger partial charge in [0.25, 0.3) is 11.7 Å². The molecule has 0 saturated carbocycles. The van der Waals surface area contributed by atoms with Gasteiger partial charge in [0.15, 0.2) is 15.6 Å². The van der Waals surface area contributed by atoms with Crippen LogP contribution in [0.3, 0.4) is 0 Å². The number of furan rings is 1. The van der Waals surface area contributed by atoms with Gasteiger partial charge in [-0.05, 0) is 38.1 Å². The van der Waals surface area contributed by atoms with E-state index in [4.69, 9.17) is 4.42 Å². The van der Waals surface area contributed by atoms with Crippen LogP contribution < -0.4 is 0 Å². The number of fused-ring (bicyclic) bond motifs is 1. The second-order valence-electron chi connectivity index (χ2n) is 8.07. The van der Waals surface area contributed by atoms with Gasteiger partial charge in [-0.3, -0.25) is 9.69 Å². The summed E-state index contributed by atoms with van der Waals surface area (Å²) in [7, 11) is -3.53. The summed E-state index contributed by atoms with van der Waals surface area (Å²) in [6, 6.07) is 3.56. The third kappa shape index (κ3) is 4.40. The average Bonchev–Trinajstić information content (AvgIpc) is 3.45. The Labute approximate surface area is 187 Å². The smallest absolute Gasteiger partial charge is 0.289 e. The van der Waals surface area contributed by atoms with Crippen LogP contribution >= 0.6 is 0 Å². The summed E-state index contributed by atoms with van der Waals surface area (Å²) < 4.78 is 32.2. The van der Waals surface area contributed by atoms with Crippen molar-refractivity contribution in [3.05, 3.63) is 41.9 Å². The van der Waals surface area contributed by atoms with E-state index in [1.165, 1.54) is 17.0 Å². The highest BCUT2D eigenvalue weighted by Gasteiger charge is 2.32. The van der Waals surface area contributed by atoms with Crippen molar-refractivity contribution in [2.45, 2.75) is 44.0 Å². The van der Waals surface area contributed by atoms with Gasteiger partial charge in [-0.25, -0.2) is 13.4 Å². The number of aromatic nitrogens is 4. The Balaban J connectivity index is 1.59. The summed E-state index contributed by atoms with van der Waals surface area (Å²) in [6.45, 7) is 7.58. The first-order valence-electron chi connectivity index (χ1n) is 10.8. The van der Waals surface area contributed by atoms with Gasteiger partial charge in [-0.2, -0.15) is 14.6 Å². The maximum atomic E-state index is 13.2. The first-order chi connectivity index (χ1) is 15.3. The molecule has 172 valence electrons. The Kier molecular flexibility index (Phi) is 6.29. The Morgan fingerprint density at radius 1 is 1.25 bits per heavy atom. The maximum Gasteiger partial charge on any atom is 0.289 e. The molecule has 1 saturated heterocycles. The first kappa shape index (κ1) is 22.4. The third-order valence-corrected chi connectivity index (χ3v) is 7.06. The topological polar surface area (TPSA) is 114 Å². The van der Waals surface area contributed by atoms with Gasteiger partial charge >= 0.3 is 0 Å². The van der Waals surface area contributed by atoms with Crippen molar-refractivity contribution in [1.29, 1.82) is 0 Å². The maximum absolute atomic E-state index is 13.2. The number of rotatable bonds is 7. The second kappa shape index (κ2) is 8.99. The Hall–Kier alpha value is -2.79. The lowest BCUT2D eigenvalue weighted by atomic mass is 9.94. The monoisotopic (exact) mass is 460 g/mol. The van der Waals surface area contributed by atoms with Crippen LogP contribution in [0.25, 0.3) is 5.78 Å². The first-order valence-corrected chi connectivity index (χ1v) is 12.7. The molecule has 0 bridgehead atoms. The second-order valence-corrected chi connectivity index (χ2v) is 10.1. The summed E-state index contributed by atoms with van der Waals surface area (Å²) >= 11 is 0. The molecule has 0 spiro atoms. The molecule has 32 heavy (non-hydrogen) atoms. The van der Waals surface area contributed by atoms with Crippen molar-refractivity contribution in [3.8, 4) is 0 Å². The van der Waals surface area contributed by atoms with Gasteiger partial charge in [-0.1, -0.05) is 13.8 Å². The van der Waals surface area contributed by atoms with E-state index in [0.717, 1.165) is 37.9 Å². The van der Waals surface area contributed by atoms with Gasteiger partial charge in [0.1, 0.15) is 17.0 Å². The minimum Gasteiger partial charge on any atom is -0.455 e. The largest absolute Gasteiger partial charge is 0.455 e. The van der Waals surface area contributed by atoms with E-state index in [1.54, 1.807) is 11.0 Å². The quantitative estimate of drug-likeness (QED) is 0.526. The van der Waals surface area contributed by atoms with Crippen molar-refractivity contribution in [3.63, 3.8) is 0 Å². The number of hydrogen-bond donors (Lipinski definition) is 0. The zero-order valence-corrected chi connectivity index (χ0v) is 19.4. The molecule has 0 radical (unpaired) electrons. The van der Waals surface area contributed by atoms with Crippen LogP contribution in [0.4, 0.5) is 0 Å². The number of piperidine rings is 1. The lowest BCUT2D eigenvalue weighted by Crippen LogP contribution is -2.39. The van der Waals surface area contributed by atoms with Crippen LogP contribution in [0.15, 0.2) is 34.0 Å². The van der Waals surface area contributed by atoms with Gasteiger partial charge in [-0.15, -0.1) is 0 Å². The number of likely N-dealkylation sites (tertiary alicyclic amines) is 1. The van der Waals surface area contributed by atoms with Gasteiger partial charge in [0.05, 0.1) is 18.4 Å². The van der Waals surface area contributed by atoms with Crippen molar-refractivity contribution in [2.75, 3.05) is 32.4 Å². The summed E-state index contributed by atoms with van der Waals surface area (Å²) in [5, 5.41) is 4.20. The molecule has 10 nitrogen and oxygen atoms in total. The molecular formula is C21H28N6O4S. The predicted octanol–water partition coefficient (Wildman–Crippen LogP) is 1.98. The molecule has 4 heterocycles. The molecule has 0 aliphatic carbocycles. The average molecular weight is 461 g/mol. The lowest BCUT2D eigenvalue weighted by molar-refractivity contribution is 0.0668. The Morgan fingerprint density at radius 2 is 2.03 bits per heavy atom. The van der Waals surface area contributed by atoms with Gasteiger partial charge in [0, 0.05) is 25.3 Å². The van der Waals surface area contributed by atoms with E-state index in [1.807, 2.05) is 6.07 Å². The fourth-order valence-corrected chi connectivity index (χ4v) is 5.10. The van der Waals surface area contributed by atoms with Crippen molar-refractivity contribution in [2.24, 2.45) is 0 Å². The highest BCUT2D eigenvalue weighted by molar-refractivity contribution is 7.90. The minimum absolute atomic E-state index is 0.120. The summed E-state index contributed by atoms with van der Waals surface area (Å²) in [4.78, 5) is 25.4. The van der Waals surface area contributed by atoms with E-state index < -0.39 is 9.84 Å². The molecule has 11 heteroatoms. The SMILES string of the molecule is CCN(CC)Cc1ccc(C(=O)N2CCC[C@@H](c3c(S(C)(=O)=O)cnc4ncnn34)C2)o1. The summed E-state index contributed by atoms with van der Waals surface area (Å²) in [6.07, 6.45) is 5.31. The zero-order chi connectivity index (χ0) is 22.9. The minimum atomic E-state index is -3.53. The predicted molar refractivity (Wildman–Crippen MR) is 117 cm³/mol. The Morgan fingerprint density at radius 3 is 2.75 bits per heavy atom. The van der Waals surface area contributed by atoms with Crippen molar-refractivity contribution >= 4 is 21.5 Å². The van der Waals surface area contributed by atoms with E-state index in [2.05, 4.69) is 33.8 Å². The number of nitrogens with zero attached hydrogens (tertiary/aromatic N) is 6. The summed E-state index contributed by atoms with van der Waals surface area (Å²) in [5.74, 6) is 0.989. The third-order valence-electron chi connectivity index (χ3n) is 5.95. The van der Waals surface area contributed by atoms with Crippen LogP contribution in [-0.2, 0) is 16.4 Å². The zero-order valence-electron chi connectivity index (χ0n) is 18.6. The van der Waals surface area contributed by atoms with Crippen LogP contribution in [0.1, 0.15) is 54.6 Å². The van der Waals surface area contributed by atoms with Crippen LogP contribution in [0.2, 0.25) is 0 Å². The molecule has 3 aromatic heterocycles. The molecule has 1 aliphatic heterocycles. The normalized spacial score (nSPS) is 17.4. The van der Waals surface area contributed by atoms with E-state index in [-0.39, 0.29) is 16.7 Å². The Bertz CT molecular complexity index is 1210. The highest BCUT2D eigenvalue weighted by atomic mass is 32.2. The van der Waals surface area contributed by atoms with Crippen LogP contribution in [0.5, 0.6) is 0 Å². The number of hydrogen-bond acceptors (Lipinski definition) is 8. The van der Waals surface area contributed by atoms with Crippen molar-refractivity contribution in [1.82, 2.24) is 29.4 Å². The van der Waals surface area contributed by atoms with E-state index in [9.17, 15) is 13.2 Å². The molecule has 1 amide bonds. The number of carbonyl (C=O) groups is 1. The van der Waals surface area contributed by atoms with Crippen LogP contribution in [-0.4, -0.2) is 76.1 Å². The van der Waals surface area contributed by atoms with Crippen molar-refractivity contribution < 1.29 is 17.6 Å². The molecule has 1 aliphatic rings. The van der Waals surface area contributed by atoms with E-state index >= 15 is 0 Å². The lowest BCUT2D eigenvalue weighted by Gasteiger charge is -2.33. The molecule has 0 N–H and O–H groups in total.